The van der Waals surface area contributed by atoms with Crippen LogP contribution in [0, 0.1) is 11.2 Å². The lowest BCUT2D eigenvalue weighted by atomic mass is 10.00. The number of benzene rings is 1. The number of fused-ring (bicyclic) bond motifs is 1. The molecule has 0 fully saturated rings. The summed E-state index contributed by atoms with van der Waals surface area (Å²) in [5.74, 6) is -0.293. The number of anilines is 1. The van der Waals surface area contributed by atoms with Gasteiger partial charge in [0.1, 0.15) is 6.35 Å². The standard InChI is InChI=1S/C23H31FN5O7PS/c1-23(2,3)21(31)38-10-9-35-37(32,36-12-15-5-6-17(33-4)16(24)11-15)14-34-8-7-29-13-26-18-19(29)27-22(25)28-20(18)30/h5-6,11,13H,7-10,12,14H2,1-4H3,(H3,25,27,28,30). The highest BCUT2D eigenvalue weighted by Gasteiger charge is 2.27. The summed E-state index contributed by atoms with van der Waals surface area (Å²) < 4.78 is 50.7. The second kappa shape index (κ2) is 12.9. The van der Waals surface area contributed by atoms with Gasteiger partial charge in [-0.3, -0.25) is 19.1 Å². The molecule has 0 spiro atoms. The first kappa shape index (κ1) is 29.8. The fraction of sp³-hybridized carbons (Fsp3) is 0.478. The predicted molar refractivity (Wildman–Crippen MR) is 142 cm³/mol. The first-order valence-corrected chi connectivity index (χ1v) is 14.3. The molecule has 208 valence electrons. The Morgan fingerprint density at radius 2 is 2.03 bits per heavy atom. The Morgan fingerprint density at radius 3 is 2.71 bits per heavy atom. The molecule has 15 heteroatoms. The molecule has 2 aromatic heterocycles. The summed E-state index contributed by atoms with van der Waals surface area (Å²) in [5.41, 5.74) is 5.46. The number of nitrogen functional groups attached to an aromatic ring is 1. The number of imidazole rings is 1. The van der Waals surface area contributed by atoms with Crippen LogP contribution in [0.4, 0.5) is 10.3 Å². The summed E-state index contributed by atoms with van der Waals surface area (Å²) >= 11 is 1.07. The van der Waals surface area contributed by atoms with E-state index in [1.165, 1.54) is 25.6 Å². The van der Waals surface area contributed by atoms with Crippen LogP contribution in [0.1, 0.15) is 26.3 Å². The third-order valence-corrected chi connectivity index (χ3v) is 7.92. The minimum absolute atomic E-state index is 0.0255. The second-order valence-electron chi connectivity index (χ2n) is 9.17. The molecule has 3 aromatic rings. The number of methoxy groups -OCH3 is 1. The molecular weight excluding hydrogens is 540 g/mol. The molecule has 3 N–H and O–H groups in total. The monoisotopic (exact) mass is 571 g/mol. The van der Waals surface area contributed by atoms with Crippen LogP contribution in [0.25, 0.3) is 11.2 Å². The Bertz CT molecular complexity index is 1370. The number of carbonyl (C=O) groups is 1. The number of hydrogen-bond donors (Lipinski definition) is 2. The molecule has 12 nitrogen and oxygen atoms in total. The summed E-state index contributed by atoms with van der Waals surface area (Å²) in [5, 5.41) is -0.0255. The van der Waals surface area contributed by atoms with Gasteiger partial charge in [-0.25, -0.2) is 9.37 Å². The fourth-order valence-corrected chi connectivity index (χ4v) is 5.29. The molecular formula is C23H31FN5O7PS. The van der Waals surface area contributed by atoms with E-state index in [0.29, 0.717) is 5.56 Å². The summed E-state index contributed by atoms with van der Waals surface area (Å²) in [6.07, 6.45) is 1.02. The molecule has 1 atom stereocenters. The summed E-state index contributed by atoms with van der Waals surface area (Å²) in [7, 11) is -2.45. The number of ether oxygens (including phenoxy) is 2. The van der Waals surface area contributed by atoms with Gasteiger partial charge in [0.25, 0.3) is 5.56 Å². The predicted octanol–water partition coefficient (Wildman–Crippen LogP) is 3.56. The molecule has 1 aromatic carbocycles. The zero-order valence-electron chi connectivity index (χ0n) is 21.6. The molecule has 0 aliphatic rings. The van der Waals surface area contributed by atoms with E-state index in [1.54, 1.807) is 10.6 Å². The first-order chi connectivity index (χ1) is 17.9. The van der Waals surface area contributed by atoms with E-state index in [0.717, 1.165) is 11.8 Å². The molecule has 0 radical (unpaired) electrons. The highest BCUT2D eigenvalue weighted by atomic mass is 32.2. The Kier molecular flexibility index (Phi) is 10.1. The number of H-pyrrole nitrogens is 1. The lowest BCUT2D eigenvalue weighted by Crippen LogP contribution is -2.17. The van der Waals surface area contributed by atoms with E-state index in [1.807, 2.05) is 20.8 Å². The molecule has 0 saturated heterocycles. The van der Waals surface area contributed by atoms with Crippen molar-refractivity contribution in [2.45, 2.75) is 33.9 Å². The van der Waals surface area contributed by atoms with Gasteiger partial charge in [-0.2, -0.15) is 4.98 Å². The SMILES string of the molecule is COc1ccc(COP(=O)(COCCn2cnc3c(=O)[nH]c(N)nc32)OCCSC(=O)C(C)(C)C)cc1F. The average Bonchev–Trinajstić information content (AvgIpc) is 3.26. The van der Waals surface area contributed by atoms with Crippen LogP contribution < -0.4 is 16.0 Å². The Hall–Kier alpha value is -2.77. The molecule has 2 heterocycles. The van der Waals surface area contributed by atoms with E-state index in [2.05, 4.69) is 15.0 Å². The van der Waals surface area contributed by atoms with E-state index >= 15 is 0 Å². The Morgan fingerprint density at radius 1 is 1.26 bits per heavy atom. The van der Waals surface area contributed by atoms with Crippen LogP contribution in [-0.2, 0) is 36.3 Å². The van der Waals surface area contributed by atoms with Crippen molar-refractivity contribution in [2.24, 2.45) is 5.41 Å². The second-order valence-corrected chi connectivity index (χ2v) is 12.2. The van der Waals surface area contributed by atoms with Crippen molar-refractivity contribution >= 4 is 41.6 Å². The van der Waals surface area contributed by atoms with Crippen LogP contribution in [-0.4, -0.2) is 57.1 Å². The zero-order chi connectivity index (χ0) is 27.9. The number of aromatic amines is 1. The lowest BCUT2D eigenvalue weighted by molar-refractivity contribution is -0.117. The average molecular weight is 572 g/mol. The fourth-order valence-electron chi connectivity index (χ4n) is 3.09. The maximum absolute atomic E-state index is 14.1. The van der Waals surface area contributed by atoms with Gasteiger partial charge in [0.15, 0.2) is 27.8 Å². The Labute approximate surface area is 222 Å². The van der Waals surface area contributed by atoms with E-state index in [4.69, 9.17) is 24.3 Å². The lowest BCUT2D eigenvalue weighted by Gasteiger charge is -2.20. The van der Waals surface area contributed by atoms with Gasteiger partial charge in [-0.1, -0.05) is 38.6 Å². The van der Waals surface area contributed by atoms with Gasteiger partial charge in [0.05, 0.1) is 33.3 Å². The quantitative estimate of drug-likeness (QED) is 0.228. The van der Waals surface area contributed by atoms with Crippen molar-refractivity contribution in [3.8, 4) is 5.75 Å². The van der Waals surface area contributed by atoms with Crippen molar-refractivity contribution < 1.29 is 32.3 Å². The third-order valence-electron chi connectivity index (χ3n) is 5.08. The molecule has 0 amide bonds. The van der Waals surface area contributed by atoms with Crippen LogP contribution >= 0.6 is 19.4 Å². The van der Waals surface area contributed by atoms with Gasteiger partial charge in [-0.05, 0) is 17.7 Å². The normalized spacial score (nSPS) is 13.5. The molecule has 1 unspecified atom stereocenters. The van der Waals surface area contributed by atoms with Crippen LogP contribution in [0.2, 0.25) is 0 Å². The number of rotatable bonds is 13. The topological polar surface area (TPSA) is 161 Å². The maximum Gasteiger partial charge on any atom is 0.356 e. The first-order valence-electron chi connectivity index (χ1n) is 11.6. The molecule has 3 rings (SSSR count). The van der Waals surface area contributed by atoms with Crippen LogP contribution in [0.5, 0.6) is 5.75 Å². The summed E-state index contributed by atoms with van der Waals surface area (Å²) in [6.45, 7) is 5.49. The molecule has 0 aliphatic heterocycles. The van der Waals surface area contributed by atoms with Gasteiger partial charge >= 0.3 is 7.60 Å². The molecule has 0 bridgehead atoms. The number of carbonyl (C=O) groups excluding carboxylic acids is 1. The number of aromatic nitrogens is 4. The minimum atomic E-state index is -3.81. The number of nitrogens with two attached hydrogens (primary N) is 1. The van der Waals surface area contributed by atoms with Gasteiger partial charge in [-0.15, -0.1) is 0 Å². The van der Waals surface area contributed by atoms with Crippen molar-refractivity contribution in [1.82, 2.24) is 19.5 Å². The van der Waals surface area contributed by atoms with Gasteiger partial charge in [0.2, 0.25) is 5.95 Å². The number of hydrogen-bond acceptors (Lipinski definition) is 11. The maximum atomic E-state index is 14.1. The summed E-state index contributed by atoms with van der Waals surface area (Å²) in [4.78, 5) is 34.5. The number of halogens is 1. The van der Waals surface area contributed by atoms with E-state index in [9.17, 15) is 18.5 Å². The van der Waals surface area contributed by atoms with Crippen molar-refractivity contribution in [1.29, 1.82) is 0 Å². The van der Waals surface area contributed by atoms with Crippen LogP contribution in [0.15, 0.2) is 29.3 Å². The van der Waals surface area contributed by atoms with Crippen molar-refractivity contribution in [3.05, 3.63) is 46.3 Å². The van der Waals surface area contributed by atoms with Gasteiger partial charge < -0.3 is 28.8 Å². The zero-order valence-corrected chi connectivity index (χ0v) is 23.3. The van der Waals surface area contributed by atoms with E-state index in [-0.39, 0.29) is 60.1 Å². The number of thioether (sulfide) groups is 1. The van der Waals surface area contributed by atoms with Crippen molar-refractivity contribution in [3.63, 3.8) is 0 Å². The van der Waals surface area contributed by atoms with Gasteiger partial charge in [0, 0.05) is 17.7 Å². The molecule has 38 heavy (non-hydrogen) atoms. The highest BCUT2D eigenvalue weighted by Crippen LogP contribution is 2.49. The van der Waals surface area contributed by atoms with E-state index < -0.39 is 30.7 Å². The van der Waals surface area contributed by atoms with Crippen molar-refractivity contribution in [2.75, 3.05) is 38.2 Å². The largest absolute Gasteiger partial charge is 0.494 e. The third kappa shape index (κ3) is 8.11. The molecule has 0 aliphatic carbocycles. The Balaban J connectivity index is 1.61. The number of nitrogens with zero attached hydrogens (tertiary/aromatic N) is 3. The highest BCUT2D eigenvalue weighted by molar-refractivity contribution is 8.13. The smallest absolute Gasteiger partial charge is 0.356 e. The minimum Gasteiger partial charge on any atom is -0.494 e. The summed E-state index contributed by atoms with van der Waals surface area (Å²) in [6, 6.07) is 4.23. The molecule has 0 saturated carbocycles. The number of nitrogens with one attached hydrogen (secondary N) is 1. The van der Waals surface area contributed by atoms with Crippen LogP contribution in [0.3, 0.4) is 0 Å².